The minimum atomic E-state index is -0.498. The van der Waals surface area contributed by atoms with Crippen LogP contribution in [0, 0.1) is 10.1 Å². The zero-order valence-electron chi connectivity index (χ0n) is 11.4. The molecule has 0 aliphatic rings. The van der Waals surface area contributed by atoms with E-state index in [2.05, 4.69) is 10.3 Å². The largest absolute Gasteiger partial charge is 0.482 e. The second-order valence-corrected chi connectivity index (χ2v) is 4.67. The van der Waals surface area contributed by atoms with Crippen molar-refractivity contribution in [1.82, 2.24) is 4.98 Å². The number of rotatable bonds is 6. The van der Waals surface area contributed by atoms with Gasteiger partial charge in [-0.25, -0.2) is 4.98 Å². The number of nitro benzene ring substituents is 1. The Kier molecular flexibility index (Phi) is 4.94. The van der Waals surface area contributed by atoms with Crippen molar-refractivity contribution in [2.24, 2.45) is 0 Å². The van der Waals surface area contributed by atoms with E-state index in [0.717, 1.165) is 17.9 Å². The van der Waals surface area contributed by atoms with Gasteiger partial charge in [0.15, 0.2) is 5.75 Å². The third-order valence-corrected chi connectivity index (χ3v) is 2.93. The second-order valence-electron chi connectivity index (χ2n) is 4.24. The lowest BCUT2D eigenvalue weighted by Gasteiger charge is -2.08. The SMILES string of the molecule is CCNc1cc(COc2cc(Cl)ccc2[N+](=O)[O-])ccn1. The van der Waals surface area contributed by atoms with Crippen molar-refractivity contribution in [1.29, 1.82) is 0 Å². The van der Waals surface area contributed by atoms with Crippen molar-refractivity contribution in [2.75, 3.05) is 11.9 Å². The number of pyridine rings is 1. The highest BCUT2D eigenvalue weighted by atomic mass is 35.5. The predicted octanol–water partition coefficient (Wildman–Crippen LogP) is 3.65. The average Bonchev–Trinajstić information content (AvgIpc) is 2.45. The van der Waals surface area contributed by atoms with Gasteiger partial charge in [0.1, 0.15) is 12.4 Å². The lowest BCUT2D eigenvalue weighted by molar-refractivity contribution is -0.385. The van der Waals surface area contributed by atoms with E-state index < -0.39 is 4.92 Å². The molecule has 0 unspecified atom stereocenters. The summed E-state index contributed by atoms with van der Waals surface area (Å²) in [5.74, 6) is 0.883. The summed E-state index contributed by atoms with van der Waals surface area (Å²) in [6.45, 7) is 2.93. The van der Waals surface area contributed by atoms with Crippen LogP contribution in [-0.4, -0.2) is 16.5 Å². The van der Waals surface area contributed by atoms with Crippen LogP contribution in [0.5, 0.6) is 5.75 Å². The van der Waals surface area contributed by atoms with Crippen molar-refractivity contribution in [2.45, 2.75) is 13.5 Å². The van der Waals surface area contributed by atoms with Crippen LogP contribution >= 0.6 is 11.6 Å². The lowest BCUT2D eigenvalue weighted by atomic mass is 10.2. The normalized spacial score (nSPS) is 10.2. The van der Waals surface area contributed by atoms with E-state index in [1.807, 2.05) is 13.0 Å². The number of anilines is 1. The number of nitrogens with one attached hydrogen (secondary N) is 1. The molecule has 2 rings (SSSR count). The smallest absolute Gasteiger partial charge is 0.311 e. The molecule has 0 atom stereocenters. The summed E-state index contributed by atoms with van der Waals surface area (Å²) in [6.07, 6.45) is 1.66. The maximum Gasteiger partial charge on any atom is 0.311 e. The minimum absolute atomic E-state index is 0.111. The maximum atomic E-state index is 10.9. The van der Waals surface area contributed by atoms with Crippen molar-refractivity contribution in [3.63, 3.8) is 0 Å². The molecule has 1 heterocycles. The van der Waals surface area contributed by atoms with Gasteiger partial charge in [0.2, 0.25) is 0 Å². The molecule has 7 heteroatoms. The lowest BCUT2D eigenvalue weighted by Crippen LogP contribution is -2.02. The number of hydrogen-bond acceptors (Lipinski definition) is 5. The minimum Gasteiger partial charge on any atom is -0.482 e. The van der Waals surface area contributed by atoms with Crippen molar-refractivity contribution < 1.29 is 9.66 Å². The van der Waals surface area contributed by atoms with Crippen LogP contribution < -0.4 is 10.1 Å². The third-order valence-electron chi connectivity index (χ3n) is 2.70. The Morgan fingerprint density at radius 2 is 2.19 bits per heavy atom. The predicted molar refractivity (Wildman–Crippen MR) is 80.8 cm³/mol. The van der Waals surface area contributed by atoms with Gasteiger partial charge in [-0.2, -0.15) is 0 Å². The van der Waals surface area contributed by atoms with Gasteiger partial charge in [-0.15, -0.1) is 0 Å². The van der Waals surface area contributed by atoms with Gasteiger partial charge in [-0.1, -0.05) is 11.6 Å². The number of ether oxygens (including phenoxy) is 1. The first-order chi connectivity index (χ1) is 10.1. The number of nitro groups is 1. The Bertz CT molecular complexity index is 649. The van der Waals surface area contributed by atoms with E-state index in [1.165, 1.54) is 18.2 Å². The van der Waals surface area contributed by atoms with Gasteiger partial charge < -0.3 is 10.1 Å². The Hall–Kier alpha value is -2.34. The Labute approximate surface area is 126 Å². The number of hydrogen-bond donors (Lipinski definition) is 1. The van der Waals surface area contributed by atoms with E-state index in [0.29, 0.717) is 5.02 Å². The molecular weight excluding hydrogens is 294 g/mol. The van der Waals surface area contributed by atoms with Gasteiger partial charge in [0, 0.05) is 29.9 Å². The fourth-order valence-corrected chi connectivity index (χ4v) is 1.92. The maximum absolute atomic E-state index is 10.9. The van der Waals surface area contributed by atoms with Gasteiger partial charge in [0.25, 0.3) is 0 Å². The average molecular weight is 308 g/mol. The fourth-order valence-electron chi connectivity index (χ4n) is 1.76. The van der Waals surface area contributed by atoms with E-state index >= 15 is 0 Å². The number of halogens is 1. The van der Waals surface area contributed by atoms with Crippen LogP contribution in [0.25, 0.3) is 0 Å². The Balaban J connectivity index is 2.14. The molecule has 0 aliphatic heterocycles. The summed E-state index contributed by atoms with van der Waals surface area (Å²) in [7, 11) is 0. The fraction of sp³-hybridized carbons (Fsp3) is 0.214. The van der Waals surface area contributed by atoms with E-state index in [-0.39, 0.29) is 18.0 Å². The summed E-state index contributed by atoms with van der Waals surface area (Å²) in [4.78, 5) is 14.6. The molecule has 0 radical (unpaired) electrons. The molecule has 0 fully saturated rings. The molecule has 0 amide bonds. The quantitative estimate of drug-likeness (QED) is 0.651. The standard InChI is InChI=1S/C14H14ClN3O3/c1-2-16-14-7-10(5-6-17-14)9-21-13-8-11(15)3-4-12(13)18(19)20/h3-8H,2,9H2,1H3,(H,16,17). The highest BCUT2D eigenvalue weighted by molar-refractivity contribution is 6.30. The van der Waals surface area contributed by atoms with Gasteiger partial charge >= 0.3 is 5.69 Å². The highest BCUT2D eigenvalue weighted by Crippen LogP contribution is 2.30. The van der Waals surface area contributed by atoms with Crippen molar-refractivity contribution in [3.8, 4) is 5.75 Å². The first kappa shape index (κ1) is 15.1. The van der Waals surface area contributed by atoms with Crippen LogP contribution in [0.3, 0.4) is 0 Å². The molecule has 21 heavy (non-hydrogen) atoms. The Morgan fingerprint density at radius 1 is 1.38 bits per heavy atom. The monoisotopic (exact) mass is 307 g/mol. The Morgan fingerprint density at radius 3 is 2.90 bits per heavy atom. The van der Waals surface area contributed by atoms with Crippen LogP contribution in [0.4, 0.5) is 11.5 Å². The van der Waals surface area contributed by atoms with Crippen molar-refractivity contribution in [3.05, 3.63) is 57.2 Å². The van der Waals surface area contributed by atoms with Gasteiger partial charge in [-0.05, 0) is 30.7 Å². The molecule has 0 saturated carbocycles. The molecule has 0 aliphatic carbocycles. The number of aromatic nitrogens is 1. The molecule has 0 saturated heterocycles. The van der Waals surface area contributed by atoms with Crippen LogP contribution in [0.1, 0.15) is 12.5 Å². The topological polar surface area (TPSA) is 77.3 Å². The molecule has 1 aromatic carbocycles. The molecule has 0 spiro atoms. The van der Waals surface area contributed by atoms with E-state index in [9.17, 15) is 10.1 Å². The molecule has 110 valence electrons. The number of nitrogens with zero attached hydrogens (tertiary/aromatic N) is 2. The van der Waals surface area contributed by atoms with Crippen molar-refractivity contribution >= 4 is 23.1 Å². The highest BCUT2D eigenvalue weighted by Gasteiger charge is 2.15. The summed E-state index contributed by atoms with van der Waals surface area (Å²) >= 11 is 5.85. The molecule has 0 bridgehead atoms. The first-order valence-electron chi connectivity index (χ1n) is 6.35. The molecular formula is C14H14ClN3O3. The van der Waals surface area contributed by atoms with Crippen LogP contribution in [-0.2, 0) is 6.61 Å². The summed E-state index contributed by atoms with van der Waals surface area (Å²) in [6, 6.07) is 7.85. The van der Waals surface area contributed by atoms with E-state index in [4.69, 9.17) is 16.3 Å². The first-order valence-corrected chi connectivity index (χ1v) is 6.73. The summed E-state index contributed by atoms with van der Waals surface area (Å²) in [5, 5.41) is 14.4. The molecule has 6 nitrogen and oxygen atoms in total. The second kappa shape index (κ2) is 6.90. The zero-order chi connectivity index (χ0) is 15.2. The zero-order valence-corrected chi connectivity index (χ0v) is 12.1. The molecule has 1 aromatic heterocycles. The van der Waals surface area contributed by atoms with Crippen LogP contribution in [0.2, 0.25) is 5.02 Å². The summed E-state index contributed by atoms with van der Waals surface area (Å²) < 4.78 is 5.52. The molecule has 1 N–H and O–H groups in total. The van der Waals surface area contributed by atoms with E-state index in [1.54, 1.807) is 12.3 Å². The summed E-state index contributed by atoms with van der Waals surface area (Å²) in [5.41, 5.74) is 0.746. The van der Waals surface area contributed by atoms with Gasteiger partial charge in [-0.3, -0.25) is 10.1 Å². The third kappa shape index (κ3) is 4.06. The van der Waals surface area contributed by atoms with Crippen LogP contribution in [0.15, 0.2) is 36.5 Å². The number of benzene rings is 1. The van der Waals surface area contributed by atoms with Gasteiger partial charge in [0.05, 0.1) is 4.92 Å². The molecule has 2 aromatic rings.